The van der Waals surface area contributed by atoms with Gasteiger partial charge in [0.1, 0.15) is 12.2 Å². The molecular weight excluding hydrogens is 679 g/mol. The van der Waals surface area contributed by atoms with Gasteiger partial charge in [0.05, 0.1) is 26.4 Å². The van der Waals surface area contributed by atoms with Gasteiger partial charge in [-0.3, -0.25) is 13.8 Å². The van der Waals surface area contributed by atoms with Gasteiger partial charge >= 0.3 is 13.8 Å². The number of carbonyl (C=O) groups excluding carboxylic acids is 1. The second-order valence-electron chi connectivity index (χ2n) is 14.4. The molecule has 0 aromatic carbocycles. The first-order chi connectivity index (χ1) is 25.3. The minimum absolute atomic E-state index is 0.0475. The van der Waals surface area contributed by atoms with E-state index in [-0.39, 0.29) is 19.6 Å². The second-order valence-corrected chi connectivity index (χ2v) is 15.8. The molecule has 0 aromatic heterocycles. The standard InChI is InChI=1S/C42H81O9P/c1-3-5-7-9-11-13-15-17-19-21-23-25-27-29-31-33-35-48-38-41(39-50-52(46,47)49-37-40(44)36-43)51-42(45)34-32-30-28-26-24-22-20-18-16-14-12-10-8-6-4-2/h12,14,18,20,40-41,43-44H,3-11,13,15-17,19,21-39H2,1-2H3,(H,46,47)/b14-12-,20-18-/t40-,41+/m0/s1. The summed E-state index contributed by atoms with van der Waals surface area (Å²) < 4.78 is 33.3. The Balaban J connectivity index is 4.18. The third-order valence-corrected chi connectivity index (χ3v) is 10.1. The van der Waals surface area contributed by atoms with Crippen molar-refractivity contribution in [2.75, 3.05) is 33.0 Å². The molecule has 0 amide bonds. The molecule has 1 unspecified atom stereocenters. The maximum atomic E-state index is 12.6. The molecule has 308 valence electrons. The zero-order chi connectivity index (χ0) is 38.2. The Morgan fingerprint density at radius 3 is 1.58 bits per heavy atom. The van der Waals surface area contributed by atoms with Crippen LogP contribution in [-0.2, 0) is 27.9 Å². The van der Waals surface area contributed by atoms with Gasteiger partial charge in [-0.2, -0.15) is 0 Å². The summed E-state index contributed by atoms with van der Waals surface area (Å²) in [5.74, 6) is -0.394. The molecule has 0 radical (unpaired) electrons. The number of hydrogen-bond donors (Lipinski definition) is 3. The van der Waals surface area contributed by atoms with Gasteiger partial charge in [0.2, 0.25) is 0 Å². The zero-order valence-corrected chi connectivity index (χ0v) is 34.4. The lowest BCUT2D eigenvalue weighted by atomic mass is 10.0. The molecule has 3 N–H and O–H groups in total. The molecule has 0 rings (SSSR count). The number of phosphoric acid groups is 1. The highest BCUT2D eigenvalue weighted by atomic mass is 31.2. The highest BCUT2D eigenvalue weighted by molar-refractivity contribution is 7.47. The average molecular weight is 761 g/mol. The number of phosphoric ester groups is 1. The van der Waals surface area contributed by atoms with Crippen molar-refractivity contribution in [2.24, 2.45) is 0 Å². The molecular formula is C42H81O9P. The molecule has 0 saturated heterocycles. The maximum Gasteiger partial charge on any atom is 0.472 e. The number of hydrogen-bond acceptors (Lipinski definition) is 8. The van der Waals surface area contributed by atoms with E-state index in [9.17, 15) is 19.4 Å². The molecule has 3 atom stereocenters. The molecule has 0 saturated carbocycles. The number of unbranched alkanes of at least 4 members (excludes halogenated alkanes) is 23. The van der Waals surface area contributed by atoms with Gasteiger partial charge in [-0.25, -0.2) is 4.57 Å². The minimum atomic E-state index is -4.51. The normalized spacial score (nSPS) is 14.3. The fourth-order valence-corrected chi connectivity index (χ4v) is 6.65. The van der Waals surface area contributed by atoms with Crippen molar-refractivity contribution in [3.63, 3.8) is 0 Å². The van der Waals surface area contributed by atoms with E-state index >= 15 is 0 Å². The summed E-state index contributed by atoms with van der Waals surface area (Å²) in [6.07, 6.45) is 39.9. The molecule has 0 aliphatic carbocycles. The minimum Gasteiger partial charge on any atom is -0.457 e. The molecule has 0 spiro atoms. The molecule has 0 bridgehead atoms. The number of aliphatic hydroxyl groups is 2. The molecule has 9 nitrogen and oxygen atoms in total. The van der Waals surface area contributed by atoms with Crippen LogP contribution in [0.4, 0.5) is 0 Å². The summed E-state index contributed by atoms with van der Waals surface area (Å²) in [7, 11) is -4.51. The summed E-state index contributed by atoms with van der Waals surface area (Å²) in [6.45, 7) is 3.50. The fraction of sp³-hybridized carbons (Fsp3) is 0.881. The van der Waals surface area contributed by atoms with Crippen LogP contribution in [-0.4, -0.2) is 66.3 Å². The quantitative estimate of drug-likeness (QED) is 0.0241. The van der Waals surface area contributed by atoms with Gasteiger partial charge in [0, 0.05) is 13.0 Å². The highest BCUT2D eigenvalue weighted by Gasteiger charge is 2.26. The van der Waals surface area contributed by atoms with Gasteiger partial charge in [-0.15, -0.1) is 0 Å². The number of carbonyl (C=O) groups is 1. The topological polar surface area (TPSA) is 132 Å². The number of esters is 1. The van der Waals surface area contributed by atoms with Crippen molar-refractivity contribution in [1.82, 2.24) is 0 Å². The lowest BCUT2D eigenvalue weighted by molar-refractivity contribution is -0.154. The predicted molar refractivity (Wildman–Crippen MR) is 214 cm³/mol. The van der Waals surface area contributed by atoms with E-state index in [2.05, 4.69) is 38.2 Å². The van der Waals surface area contributed by atoms with E-state index in [0.29, 0.717) is 13.0 Å². The third-order valence-electron chi connectivity index (χ3n) is 9.14. The maximum absolute atomic E-state index is 12.6. The third kappa shape index (κ3) is 38.7. The number of aliphatic hydroxyl groups excluding tert-OH is 2. The first-order valence-corrected chi connectivity index (χ1v) is 22.8. The molecule has 52 heavy (non-hydrogen) atoms. The van der Waals surface area contributed by atoms with Crippen LogP contribution in [0.5, 0.6) is 0 Å². The fourth-order valence-electron chi connectivity index (χ4n) is 5.86. The van der Waals surface area contributed by atoms with Crippen LogP contribution < -0.4 is 0 Å². The van der Waals surface area contributed by atoms with E-state index in [1.165, 1.54) is 116 Å². The molecule has 0 heterocycles. The Bertz CT molecular complexity index is 866. The Morgan fingerprint density at radius 2 is 1.04 bits per heavy atom. The van der Waals surface area contributed by atoms with Gasteiger partial charge in [-0.05, 0) is 44.9 Å². The first-order valence-electron chi connectivity index (χ1n) is 21.3. The zero-order valence-electron chi connectivity index (χ0n) is 33.5. The Labute approximate surface area is 319 Å². The number of allylic oxidation sites excluding steroid dienone is 4. The van der Waals surface area contributed by atoms with Crippen LogP contribution in [0.3, 0.4) is 0 Å². The van der Waals surface area contributed by atoms with Crippen LogP contribution in [0.2, 0.25) is 0 Å². The van der Waals surface area contributed by atoms with E-state index in [0.717, 1.165) is 51.4 Å². The monoisotopic (exact) mass is 761 g/mol. The van der Waals surface area contributed by atoms with Crippen molar-refractivity contribution in [3.8, 4) is 0 Å². The highest BCUT2D eigenvalue weighted by Crippen LogP contribution is 2.43. The van der Waals surface area contributed by atoms with Crippen LogP contribution in [0.1, 0.15) is 194 Å². The van der Waals surface area contributed by atoms with E-state index in [4.69, 9.17) is 23.6 Å². The van der Waals surface area contributed by atoms with E-state index in [1.807, 2.05) is 0 Å². The van der Waals surface area contributed by atoms with Gasteiger partial charge < -0.3 is 24.6 Å². The van der Waals surface area contributed by atoms with Gasteiger partial charge in [-0.1, -0.05) is 167 Å². The molecule has 0 fully saturated rings. The van der Waals surface area contributed by atoms with Crippen LogP contribution in [0.15, 0.2) is 24.3 Å². The number of ether oxygens (including phenoxy) is 2. The predicted octanol–water partition coefficient (Wildman–Crippen LogP) is 11.5. The largest absolute Gasteiger partial charge is 0.472 e. The summed E-state index contributed by atoms with van der Waals surface area (Å²) >= 11 is 0. The molecule has 0 aliphatic heterocycles. The first kappa shape index (κ1) is 50.9. The Morgan fingerprint density at radius 1 is 0.596 bits per heavy atom. The summed E-state index contributed by atoms with van der Waals surface area (Å²) in [5, 5.41) is 18.3. The van der Waals surface area contributed by atoms with Crippen molar-refractivity contribution in [1.29, 1.82) is 0 Å². The molecule has 0 aliphatic rings. The van der Waals surface area contributed by atoms with Crippen LogP contribution in [0.25, 0.3) is 0 Å². The summed E-state index contributed by atoms with van der Waals surface area (Å²) in [6, 6.07) is 0. The lowest BCUT2D eigenvalue weighted by Crippen LogP contribution is -2.29. The Kier molecular flexibility index (Phi) is 38.8. The van der Waals surface area contributed by atoms with Crippen molar-refractivity contribution < 1.29 is 43.0 Å². The van der Waals surface area contributed by atoms with Gasteiger partial charge in [0.15, 0.2) is 0 Å². The van der Waals surface area contributed by atoms with E-state index in [1.54, 1.807) is 0 Å². The van der Waals surface area contributed by atoms with Crippen molar-refractivity contribution in [3.05, 3.63) is 24.3 Å². The smallest absolute Gasteiger partial charge is 0.457 e. The van der Waals surface area contributed by atoms with Crippen molar-refractivity contribution in [2.45, 2.75) is 206 Å². The SMILES string of the molecule is CCCCC/C=C\C/C=C\CCCCCCCC(=O)O[C@H](COCCCCCCCCCCCCCCCCCC)COP(=O)(O)OC[C@@H](O)CO. The summed E-state index contributed by atoms with van der Waals surface area (Å²) in [5.41, 5.74) is 0. The Hall–Kier alpha value is -1.06. The lowest BCUT2D eigenvalue weighted by Gasteiger charge is -2.20. The summed E-state index contributed by atoms with van der Waals surface area (Å²) in [4.78, 5) is 22.5. The second kappa shape index (κ2) is 39.6. The number of rotatable bonds is 41. The van der Waals surface area contributed by atoms with Crippen molar-refractivity contribution >= 4 is 13.8 Å². The molecule has 0 aromatic rings. The average Bonchev–Trinajstić information content (AvgIpc) is 3.13. The van der Waals surface area contributed by atoms with E-state index < -0.39 is 39.2 Å². The van der Waals surface area contributed by atoms with Crippen LogP contribution >= 0.6 is 7.82 Å². The van der Waals surface area contributed by atoms with Gasteiger partial charge in [0.25, 0.3) is 0 Å². The van der Waals surface area contributed by atoms with Crippen LogP contribution in [0, 0.1) is 0 Å². The molecule has 10 heteroatoms.